The molecular formula is C10H18N4O4. The van der Waals surface area contributed by atoms with Crippen molar-refractivity contribution in [2.75, 3.05) is 6.61 Å². The fraction of sp³-hybridized carbons (Fsp3) is 0.700. The molecule has 102 valence electrons. The normalized spacial score (nSPS) is 21.2. The van der Waals surface area contributed by atoms with E-state index >= 15 is 0 Å². The lowest BCUT2D eigenvalue weighted by Crippen LogP contribution is -2.68. The second kappa shape index (κ2) is 6.31. The predicted molar refractivity (Wildman–Crippen MR) is 62.0 cm³/mol. The smallest absolute Gasteiger partial charge is 0.335 e. The molecule has 1 heterocycles. The summed E-state index contributed by atoms with van der Waals surface area (Å²) in [5, 5.41) is 4.76. The van der Waals surface area contributed by atoms with Crippen LogP contribution in [0.2, 0.25) is 0 Å². The van der Waals surface area contributed by atoms with Gasteiger partial charge in [-0.2, -0.15) is 0 Å². The number of imide groups is 1. The van der Waals surface area contributed by atoms with Crippen molar-refractivity contribution in [2.24, 2.45) is 5.92 Å². The molecule has 18 heavy (non-hydrogen) atoms. The van der Waals surface area contributed by atoms with E-state index in [1.165, 1.54) is 0 Å². The second-order valence-corrected chi connectivity index (χ2v) is 4.43. The number of amides is 3. The Morgan fingerprint density at radius 3 is 2.61 bits per heavy atom. The Kier molecular flexibility index (Phi) is 5.05. The van der Waals surface area contributed by atoms with Gasteiger partial charge in [0.05, 0.1) is 6.61 Å². The van der Waals surface area contributed by atoms with E-state index in [0.717, 1.165) is 0 Å². The molecule has 0 saturated carbocycles. The maximum absolute atomic E-state index is 11.6. The number of carbonyl (C=O) groups is 3. The monoisotopic (exact) mass is 258 g/mol. The van der Waals surface area contributed by atoms with Crippen molar-refractivity contribution in [3.8, 4) is 0 Å². The van der Waals surface area contributed by atoms with Crippen molar-refractivity contribution in [3.05, 3.63) is 0 Å². The summed E-state index contributed by atoms with van der Waals surface area (Å²) < 4.78 is 5.01. The van der Waals surface area contributed by atoms with E-state index < -0.39 is 30.1 Å². The maximum atomic E-state index is 11.6. The Morgan fingerprint density at radius 2 is 2.06 bits per heavy atom. The molecule has 0 aromatic rings. The summed E-state index contributed by atoms with van der Waals surface area (Å²) in [6.45, 7) is 5.76. The van der Waals surface area contributed by atoms with Crippen LogP contribution in [0.3, 0.4) is 0 Å². The third-order valence-electron chi connectivity index (χ3n) is 2.16. The van der Waals surface area contributed by atoms with Crippen molar-refractivity contribution in [1.82, 2.24) is 21.5 Å². The molecule has 1 fully saturated rings. The Bertz CT molecular complexity index is 345. The predicted octanol–water partition coefficient (Wildman–Crippen LogP) is -1.17. The first kappa shape index (κ1) is 14.4. The zero-order valence-electron chi connectivity index (χ0n) is 10.6. The number of esters is 1. The van der Waals surface area contributed by atoms with Crippen LogP contribution < -0.4 is 21.5 Å². The van der Waals surface area contributed by atoms with Crippen LogP contribution in [-0.2, 0) is 14.3 Å². The average molecular weight is 258 g/mol. The molecule has 8 nitrogen and oxygen atoms in total. The van der Waals surface area contributed by atoms with Crippen molar-refractivity contribution in [3.63, 3.8) is 0 Å². The van der Waals surface area contributed by atoms with Gasteiger partial charge in [-0.05, 0) is 12.8 Å². The average Bonchev–Trinajstić information content (AvgIpc) is 2.29. The van der Waals surface area contributed by atoms with E-state index in [9.17, 15) is 14.4 Å². The summed E-state index contributed by atoms with van der Waals surface area (Å²) >= 11 is 0. The molecule has 2 unspecified atom stereocenters. The van der Waals surface area contributed by atoms with E-state index in [1.807, 2.05) is 13.8 Å². The van der Waals surface area contributed by atoms with Crippen LogP contribution in [0, 0.1) is 5.92 Å². The molecule has 1 saturated heterocycles. The Morgan fingerprint density at radius 1 is 1.39 bits per heavy atom. The molecule has 1 rings (SSSR count). The third kappa shape index (κ3) is 4.30. The maximum Gasteiger partial charge on any atom is 0.335 e. The molecule has 0 spiro atoms. The summed E-state index contributed by atoms with van der Waals surface area (Å²) in [4.78, 5) is 33.7. The standard InChI is InChI=1S/C10H18N4O4/c1-5(2)4-18-9(16)6(3)11-7-8(15)12-10(17)14-13-7/h5-7,11,13H,4H2,1-3H3,(H2,12,14,15,17). The molecule has 1 aliphatic heterocycles. The second-order valence-electron chi connectivity index (χ2n) is 4.43. The number of hydrogen-bond donors (Lipinski definition) is 4. The van der Waals surface area contributed by atoms with Crippen LogP contribution in [0.4, 0.5) is 4.79 Å². The van der Waals surface area contributed by atoms with Crippen LogP contribution in [0.25, 0.3) is 0 Å². The molecule has 0 bridgehead atoms. The largest absolute Gasteiger partial charge is 0.464 e. The van der Waals surface area contributed by atoms with Gasteiger partial charge < -0.3 is 4.74 Å². The summed E-state index contributed by atoms with van der Waals surface area (Å²) in [5.74, 6) is -0.756. The molecule has 8 heteroatoms. The van der Waals surface area contributed by atoms with Crippen molar-refractivity contribution < 1.29 is 19.1 Å². The number of hydrazine groups is 1. The SMILES string of the molecule is CC(C)COC(=O)C(C)NC1NNC(=O)NC1=O. The van der Waals surface area contributed by atoms with Gasteiger partial charge >= 0.3 is 12.0 Å². The molecule has 1 aliphatic rings. The Labute approximate surface area is 105 Å². The van der Waals surface area contributed by atoms with Gasteiger partial charge in [0, 0.05) is 0 Å². The quantitative estimate of drug-likeness (QED) is 0.463. The molecule has 0 aliphatic carbocycles. The van der Waals surface area contributed by atoms with Crippen LogP contribution in [0.1, 0.15) is 20.8 Å². The minimum atomic E-state index is -0.871. The molecular weight excluding hydrogens is 240 g/mol. The lowest BCUT2D eigenvalue weighted by molar-refractivity contribution is -0.147. The molecule has 3 amide bonds. The van der Waals surface area contributed by atoms with E-state index in [-0.39, 0.29) is 5.92 Å². The Balaban J connectivity index is 2.39. The first-order valence-corrected chi connectivity index (χ1v) is 5.69. The zero-order chi connectivity index (χ0) is 13.7. The molecule has 2 atom stereocenters. The van der Waals surface area contributed by atoms with Crippen molar-refractivity contribution in [1.29, 1.82) is 0 Å². The summed E-state index contributed by atoms with van der Waals surface area (Å²) in [6, 6.07) is -1.30. The van der Waals surface area contributed by atoms with Crippen LogP contribution in [-0.4, -0.2) is 36.7 Å². The highest BCUT2D eigenvalue weighted by molar-refractivity contribution is 5.98. The lowest BCUT2D eigenvalue weighted by atomic mass is 10.2. The first-order chi connectivity index (χ1) is 8.40. The van der Waals surface area contributed by atoms with Gasteiger partial charge in [0.25, 0.3) is 5.91 Å². The first-order valence-electron chi connectivity index (χ1n) is 5.69. The summed E-state index contributed by atoms with van der Waals surface area (Å²) in [5.41, 5.74) is 4.66. The molecule has 0 aromatic carbocycles. The van der Waals surface area contributed by atoms with Gasteiger partial charge in [-0.25, -0.2) is 10.2 Å². The summed E-state index contributed by atoms with van der Waals surface area (Å²) in [7, 11) is 0. The van der Waals surface area contributed by atoms with Gasteiger partial charge in [-0.3, -0.25) is 25.6 Å². The van der Waals surface area contributed by atoms with Crippen LogP contribution >= 0.6 is 0 Å². The molecule has 0 aromatic heterocycles. The highest BCUT2D eigenvalue weighted by Gasteiger charge is 2.29. The zero-order valence-corrected chi connectivity index (χ0v) is 10.6. The minimum Gasteiger partial charge on any atom is -0.464 e. The topological polar surface area (TPSA) is 109 Å². The highest BCUT2D eigenvalue weighted by Crippen LogP contribution is 1.97. The number of urea groups is 1. The van der Waals surface area contributed by atoms with E-state index in [0.29, 0.717) is 6.61 Å². The van der Waals surface area contributed by atoms with Gasteiger partial charge in [0.15, 0.2) is 6.17 Å². The summed E-state index contributed by atoms with van der Waals surface area (Å²) in [6.07, 6.45) is -0.871. The van der Waals surface area contributed by atoms with Crippen molar-refractivity contribution in [2.45, 2.75) is 33.0 Å². The molecule has 0 radical (unpaired) electrons. The third-order valence-corrected chi connectivity index (χ3v) is 2.16. The number of carbonyl (C=O) groups excluding carboxylic acids is 3. The van der Waals surface area contributed by atoms with Gasteiger partial charge in [0.1, 0.15) is 6.04 Å². The van der Waals surface area contributed by atoms with E-state index in [4.69, 9.17) is 4.74 Å². The number of ether oxygens (including phenoxy) is 1. The highest BCUT2D eigenvalue weighted by atomic mass is 16.5. The van der Waals surface area contributed by atoms with Crippen molar-refractivity contribution >= 4 is 17.9 Å². The lowest BCUT2D eigenvalue weighted by Gasteiger charge is -2.26. The molecule has 4 N–H and O–H groups in total. The number of hydrogen-bond acceptors (Lipinski definition) is 6. The van der Waals surface area contributed by atoms with Gasteiger partial charge in [-0.15, -0.1) is 0 Å². The van der Waals surface area contributed by atoms with Gasteiger partial charge in [0.2, 0.25) is 0 Å². The van der Waals surface area contributed by atoms with Crippen LogP contribution in [0.5, 0.6) is 0 Å². The fourth-order valence-corrected chi connectivity index (χ4v) is 1.23. The fourth-order valence-electron chi connectivity index (χ4n) is 1.23. The Hall–Kier alpha value is -1.67. The number of nitrogens with one attached hydrogen (secondary N) is 4. The van der Waals surface area contributed by atoms with Gasteiger partial charge in [-0.1, -0.05) is 13.8 Å². The van der Waals surface area contributed by atoms with E-state index in [1.54, 1.807) is 6.92 Å². The minimum absolute atomic E-state index is 0.247. The van der Waals surface area contributed by atoms with Crippen LogP contribution in [0.15, 0.2) is 0 Å². The number of rotatable bonds is 5. The van der Waals surface area contributed by atoms with E-state index in [2.05, 4.69) is 21.5 Å².